The van der Waals surface area contributed by atoms with E-state index in [1.54, 1.807) is 18.2 Å². The number of aromatic amines is 1. The monoisotopic (exact) mass is 270 g/mol. The highest BCUT2D eigenvalue weighted by molar-refractivity contribution is 6.02. The number of aromatic nitrogens is 1. The number of phenolic OH excluding ortho intramolecular Hbond substituents is 1. The zero-order valence-electron chi connectivity index (χ0n) is 10.3. The van der Waals surface area contributed by atoms with Crippen LogP contribution in [0.15, 0.2) is 47.5 Å². The number of H-pyrrole nitrogens is 1. The predicted molar refractivity (Wildman–Crippen MR) is 75.3 cm³/mol. The molecule has 100 valence electrons. The molecule has 0 fully saturated rings. The minimum Gasteiger partial charge on any atom is -0.508 e. The summed E-state index contributed by atoms with van der Waals surface area (Å²) in [5.41, 5.74) is 1.57. The number of rotatable bonds is 2. The number of aliphatic imine (C=N–C) groups is 1. The number of hydrogen-bond acceptors (Lipinski definition) is 3. The smallest absolute Gasteiger partial charge is 0.198 e. The molecule has 1 aromatic heterocycles. The van der Waals surface area contributed by atoms with Crippen LogP contribution in [0.1, 0.15) is 5.56 Å². The minimum atomic E-state index is -0.386. The van der Waals surface area contributed by atoms with E-state index in [-0.39, 0.29) is 17.4 Å². The molecule has 0 saturated carbocycles. The van der Waals surface area contributed by atoms with Crippen molar-refractivity contribution in [1.29, 1.82) is 0 Å². The number of phenols is 1. The summed E-state index contributed by atoms with van der Waals surface area (Å²) < 4.78 is 13.3. The van der Waals surface area contributed by atoms with E-state index in [1.807, 2.05) is 0 Å². The van der Waals surface area contributed by atoms with Gasteiger partial charge in [-0.25, -0.2) is 4.39 Å². The normalized spacial score (nSPS) is 11.4. The number of benzene rings is 2. The Morgan fingerprint density at radius 1 is 1.10 bits per heavy atom. The number of fused-ring (bicyclic) bond motifs is 1. The van der Waals surface area contributed by atoms with Gasteiger partial charge in [0.25, 0.3) is 0 Å². The molecule has 0 spiro atoms. The number of halogens is 1. The van der Waals surface area contributed by atoms with Crippen LogP contribution in [-0.2, 0) is 0 Å². The molecule has 0 saturated heterocycles. The molecule has 0 aliphatic heterocycles. The predicted octanol–water partition coefficient (Wildman–Crippen LogP) is 3.47. The third-order valence-electron chi connectivity index (χ3n) is 2.95. The van der Waals surface area contributed by atoms with Crippen LogP contribution in [0.2, 0.25) is 0 Å². The summed E-state index contributed by atoms with van der Waals surface area (Å²) in [6.45, 7) is 0. The Labute approximate surface area is 113 Å². The van der Waals surface area contributed by atoms with E-state index in [0.29, 0.717) is 22.2 Å². The van der Waals surface area contributed by atoms with Gasteiger partial charge in [-0.05, 0) is 30.3 Å². The fourth-order valence-corrected chi connectivity index (χ4v) is 2.01. The minimum absolute atomic E-state index is 0.0745. The second kappa shape index (κ2) is 4.70. The number of nitrogens with zero attached hydrogens (tertiary/aromatic N) is 1. The van der Waals surface area contributed by atoms with Gasteiger partial charge < -0.3 is 15.2 Å². The fourth-order valence-electron chi connectivity index (χ4n) is 2.01. The molecule has 5 heteroatoms. The van der Waals surface area contributed by atoms with Crippen molar-refractivity contribution in [1.82, 2.24) is 4.98 Å². The SMILES string of the molecule is Oc1cccc(N=Cc2c(O)[nH]c3ccc(F)cc23)c1. The highest BCUT2D eigenvalue weighted by Gasteiger charge is 2.09. The topological polar surface area (TPSA) is 68.6 Å². The molecule has 0 aliphatic carbocycles. The van der Waals surface area contributed by atoms with Gasteiger partial charge in [0.2, 0.25) is 0 Å². The molecule has 0 atom stereocenters. The molecular formula is C15H11FN2O2. The molecule has 3 rings (SSSR count). The fraction of sp³-hybridized carbons (Fsp3) is 0. The summed E-state index contributed by atoms with van der Waals surface area (Å²) in [7, 11) is 0. The van der Waals surface area contributed by atoms with Crippen LogP contribution in [0.4, 0.5) is 10.1 Å². The van der Waals surface area contributed by atoms with Gasteiger partial charge in [0.05, 0.1) is 11.3 Å². The summed E-state index contributed by atoms with van der Waals surface area (Å²) >= 11 is 0. The average molecular weight is 270 g/mol. The second-order valence-corrected chi connectivity index (χ2v) is 4.36. The summed E-state index contributed by atoms with van der Waals surface area (Å²) in [5, 5.41) is 19.7. The first-order valence-electron chi connectivity index (χ1n) is 5.97. The van der Waals surface area contributed by atoms with Gasteiger partial charge in [0.1, 0.15) is 11.6 Å². The molecule has 1 heterocycles. The van der Waals surface area contributed by atoms with Gasteiger partial charge in [-0.1, -0.05) is 6.07 Å². The Kier molecular flexibility index (Phi) is 2.87. The van der Waals surface area contributed by atoms with E-state index in [1.165, 1.54) is 30.5 Å². The van der Waals surface area contributed by atoms with Crippen molar-refractivity contribution >= 4 is 22.8 Å². The van der Waals surface area contributed by atoms with Gasteiger partial charge in [-0.3, -0.25) is 4.99 Å². The van der Waals surface area contributed by atoms with E-state index in [9.17, 15) is 14.6 Å². The third-order valence-corrected chi connectivity index (χ3v) is 2.95. The average Bonchev–Trinajstić information content (AvgIpc) is 2.72. The van der Waals surface area contributed by atoms with Gasteiger partial charge in [0.15, 0.2) is 5.88 Å². The molecule has 0 bridgehead atoms. The van der Waals surface area contributed by atoms with Gasteiger partial charge in [-0.2, -0.15) is 0 Å². The van der Waals surface area contributed by atoms with Crippen LogP contribution in [0.3, 0.4) is 0 Å². The third kappa shape index (κ3) is 2.21. The van der Waals surface area contributed by atoms with Crippen molar-refractivity contribution in [2.45, 2.75) is 0 Å². The van der Waals surface area contributed by atoms with Crippen LogP contribution < -0.4 is 0 Å². The molecular weight excluding hydrogens is 259 g/mol. The Morgan fingerprint density at radius 3 is 2.75 bits per heavy atom. The van der Waals surface area contributed by atoms with Crippen LogP contribution in [0.5, 0.6) is 11.6 Å². The van der Waals surface area contributed by atoms with Gasteiger partial charge in [-0.15, -0.1) is 0 Å². The quantitative estimate of drug-likeness (QED) is 0.624. The molecule has 0 aliphatic rings. The van der Waals surface area contributed by atoms with Crippen molar-refractivity contribution < 1.29 is 14.6 Å². The lowest BCUT2D eigenvalue weighted by atomic mass is 10.2. The van der Waals surface area contributed by atoms with E-state index in [2.05, 4.69) is 9.98 Å². The lowest BCUT2D eigenvalue weighted by Gasteiger charge is -1.95. The van der Waals surface area contributed by atoms with Crippen LogP contribution >= 0.6 is 0 Å². The summed E-state index contributed by atoms with van der Waals surface area (Å²) in [6.07, 6.45) is 1.43. The van der Waals surface area contributed by atoms with Crippen molar-refractivity contribution in [3.8, 4) is 11.6 Å². The largest absolute Gasteiger partial charge is 0.508 e. The summed E-state index contributed by atoms with van der Waals surface area (Å²) in [5.74, 6) is -0.355. The summed E-state index contributed by atoms with van der Waals surface area (Å²) in [6, 6.07) is 10.6. The zero-order valence-corrected chi connectivity index (χ0v) is 10.3. The van der Waals surface area contributed by atoms with Crippen molar-refractivity contribution in [2.24, 2.45) is 4.99 Å². The summed E-state index contributed by atoms with van der Waals surface area (Å²) in [4.78, 5) is 6.91. The Balaban J connectivity index is 2.06. The van der Waals surface area contributed by atoms with Crippen molar-refractivity contribution in [3.05, 3.63) is 53.8 Å². The Hall–Kier alpha value is -2.82. The van der Waals surface area contributed by atoms with Crippen LogP contribution in [0, 0.1) is 5.82 Å². The highest BCUT2D eigenvalue weighted by atomic mass is 19.1. The molecule has 3 N–H and O–H groups in total. The van der Waals surface area contributed by atoms with Crippen LogP contribution in [0.25, 0.3) is 10.9 Å². The molecule has 4 nitrogen and oxygen atoms in total. The second-order valence-electron chi connectivity index (χ2n) is 4.36. The maximum Gasteiger partial charge on any atom is 0.198 e. The Bertz CT molecular complexity index is 809. The van der Waals surface area contributed by atoms with E-state index in [4.69, 9.17) is 0 Å². The molecule has 0 amide bonds. The van der Waals surface area contributed by atoms with E-state index in [0.717, 1.165) is 0 Å². The number of nitrogens with one attached hydrogen (secondary N) is 1. The molecule has 0 unspecified atom stereocenters. The van der Waals surface area contributed by atoms with Crippen molar-refractivity contribution in [3.63, 3.8) is 0 Å². The molecule has 3 aromatic rings. The standard InChI is InChI=1S/C15H11FN2O2/c16-9-4-5-14-12(6-9)13(15(20)18-14)8-17-10-2-1-3-11(19)7-10/h1-8,18-20H. The zero-order chi connectivity index (χ0) is 14.1. The lowest BCUT2D eigenvalue weighted by molar-refractivity contribution is 0.457. The molecule has 2 aromatic carbocycles. The van der Waals surface area contributed by atoms with Crippen LogP contribution in [-0.4, -0.2) is 21.4 Å². The highest BCUT2D eigenvalue weighted by Crippen LogP contribution is 2.27. The lowest BCUT2D eigenvalue weighted by Crippen LogP contribution is -1.80. The Morgan fingerprint density at radius 2 is 1.95 bits per heavy atom. The van der Waals surface area contributed by atoms with Gasteiger partial charge >= 0.3 is 0 Å². The van der Waals surface area contributed by atoms with Crippen molar-refractivity contribution in [2.75, 3.05) is 0 Å². The van der Waals surface area contributed by atoms with E-state index < -0.39 is 0 Å². The molecule has 20 heavy (non-hydrogen) atoms. The van der Waals surface area contributed by atoms with Gasteiger partial charge in [0, 0.05) is 23.2 Å². The maximum absolute atomic E-state index is 13.3. The first-order valence-corrected chi connectivity index (χ1v) is 5.97. The first kappa shape index (κ1) is 12.2. The molecule has 0 radical (unpaired) electrons. The number of hydrogen-bond donors (Lipinski definition) is 3. The van der Waals surface area contributed by atoms with E-state index >= 15 is 0 Å². The number of aromatic hydroxyl groups is 2. The maximum atomic E-state index is 13.3. The first-order chi connectivity index (χ1) is 9.63.